The van der Waals surface area contributed by atoms with Crippen LogP contribution in [0.4, 0.5) is 10.6 Å². The molecule has 0 radical (unpaired) electrons. The Balaban J connectivity index is 1.68. The summed E-state index contributed by atoms with van der Waals surface area (Å²) in [5.41, 5.74) is 4.08. The van der Waals surface area contributed by atoms with Gasteiger partial charge in [-0.2, -0.15) is 0 Å². The second-order valence-electron chi connectivity index (χ2n) is 9.86. The zero-order valence-corrected chi connectivity index (χ0v) is 18.4. The van der Waals surface area contributed by atoms with E-state index in [0.29, 0.717) is 29.1 Å². The highest BCUT2D eigenvalue weighted by molar-refractivity contribution is 6.24. The Morgan fingerprint density at radius 1 is 0.909 bits per heavy atom. The zero-order valence-electron chi connectivity index (χ0n) is 18.4. The monoisotopic (exact) mass is 442 g/mol. The largest absolute Gasteiger partial charge is 0.345 e. The van der Waals surface area contributed by atoms with Crippen molar-refractivity contribution in [3.63, 3.8) is 0 Å². The summed E-state index contributed by atoms with van der Waals surface area (Å²) < 4.78 is 0. The maximum atomic E-state index is 13.0. The van der Waals surface area contributed by atoms with Crippen molar-refractivity contribution in [2.24, 2.45) is 26.3 Å². The highest BCUT2D eigenvalue weighted by atomic mass is 16.2. The SMILES string of the molecule is Cc1ccc(C2C3=C4NC(=O)N=C5CC(C)(C)CC(=NC3=Nc3[nH]c(=O)[nH]c(=O)c32)C54)cc1. The first-order chi connectivity index (χ1) is 15.7. The molecular weight excluding hydrogens is 420 g/mol. The van der Waals surface area contributed by atoms with Gasteiger partial charge < -0.3 is 5.32 Å². The van der Waals surface area contributed by atoms with Gasteiger partial charge in [-0.25, -0.2) is 24.6 Å². The second-order valence-corrected chi connectivity index (χ2v) is 9.86. The summed E-state index contributed by atoms with van der Waals surface area (Å²) in [7, 11) is 0. The number of aromatic amines is 2. The lowest BCUT2D eigenvalue weighted by molar-refractivity contribution is 0.249. The molecule has 6 rings (SSSR count). The van der Waals surface area contributed by atoms with Crippen LogP contribution in [-0.2, 0) is 0 Å². The number of H-pyrrole nitrogens is 2. The third-order valence-electron chi connectivity index (χ3n) is 6.71. The number of benzene rings is 1. The van der Waals surface area contributed by atoms with Gasteiger partial charge in [0, 0.05) is 28.6 Å². The molecule has 0 bridgehead atoms. The number of carbonyl (C=O) groups is 1. The number of urea groups is 1. The average Bonchev–Trinajstić information content (AvgIpc) is 2.71. The van der Waals surface area contributed by atoms with Crippen LogP contribution in [0.2, 0.25) is 0 Å². The normalized spacial score (nSPS) is 24.6. The molecule has 33 heavy (non-hydrogen) atoms. The van der Waals surface area contributed by atoms with Gasteiger partial charge in [0.25, 0.3) is 5.56 Å². The molecular formula is C24H22N6O3. The fraction of sp³-hybridized carbons (Fsp3) is 0.333. The Kier molecular flexibility index (Phi) is 3.94. The molecule has 166 valence electrons. The number of dihydropyridines is 1. The Morgan fingerprint density at radius 3 is 2.33 bits per heavy atom. The number of nitrogens with one attached hydrogen (secondary N) is 3. The lowest BCUT2D eigenvalue weighted by atomic mass is 9.66. The first kappa shape index (κ1) is 19.8. The third kappa shape index (κ3) is 2.99. The number of hydrogen-bond donors (Lipinski definition) is 3. The van der Waals surface area contributed by atoms with Gasteiger partial charge in [-0.15, -0.1) is 0 Å². The van der Waals surface area contributed by atoms with Crippen molar-refractivity contribution in [3.05, 3.63) is 73.1 Å². The number of aromatic nitrogens is 2. The molecule has 1 saturated carbocycles. The molecule has 1 fully saturated rings. The molecule has 3 aliphatic heterocycles. The summed E-state index contributed by atoms with van der Waals surface area (Å²) in [6.07, 6.45) is 1.42. The number of fused-ring (bicyclic) bond motifs is 2. The van der Waals surface area contributed by atoms with Gasteiger partial charge in [0.1, 0.15) is 5.82 Å². The van der Waals surface area contributed by atoms with Crippen molar-refractivity contribution in [2.75, 3.05) is 0 Å². The summed E-state index contributed by atoms with van der Waals surface area (Å²) in [5, 5.41) is 2.95. The first-order valence-electron chi connectivity index (χ1n) is 10.9. The number of aliphatic imine (C=N–C) groups is 3. The minimum atomic E-state index is -0.623. The Morgan fingerprint density at radius 2 is 1.61 bits per heavy atom. The maximum absolute atomic E-state index is 13.0. The van der Waals surface area contributed by atoms with Crippen LogP contribution in [-0.4, -0.2) is 33.3 Å². The lowest BCUT2D eigenvalue weighted by Gasteiger charge is -2.43. The molecule has 0 saturated heterocycles. The standard InChI is InChI=1S/C24H22N6O3/c1-10-4-6-11(7-5-10)14-16-18-15-12(8-24(2,3)9-13(15)26-22(32)27-18)25-19(16)28-20-17(14)21(31)30-23(33)29-20/h4-7,14-15H,8-9H2,1-3H3,(H,27,32)(H2,29,30,31,33). The van der Waals surface area contributed by atoms with Crippen molar-refractivity contribution in [2.45, 2.75) is 39.5 Å². The Bertz CT molecular complexity index is 1480. The van der Waals surface area contributed by atoms with Gasteiger partial charge in [-0.3, -0.25) is 14.8 Å². The number of aryl methyl sites for hydroxylation is 1. The molecule has 9 nitrogen and oxygen atoms in total. The summed E-state index contributed by atoms with van der Waals surface area (Å²) in [4.78, 5) is 56.5. The van der Waals surface area contributed by atoms with E-state index in [9.17, 15) is 14.4 Å². The fourth-order valence-electron chi connectivity index (χ4n) is 5.42. The highest BCUT2D eigenvalue weighted by Gasteiger charge is 2.48. The van der Waals surface area contributed by atoms with Crippen molar-refractivity contribution in [1.82, 2.24) is 15.3 Å². The van der Waals surface area contributed by atoms with Gasteiger partial charge in [-0.05, 0) is 30.7 Å². The molecule has 4 aliphatic rings. The van der Waals surface area contributed by atoms with Crippen LogP contribution in [0.3, 0.4) is 0 Å². The second kappa shape index (κ2) is 6.57. The minimum Gasteiger partial charge on any atom is -0.308 e. The van der Waals surface area contributed by atoms with E-state index in [2.05, 4.69) is 39.1 Å². The number of nitrogens with zero attached hydrogens (tertiary/aromatic N) is 3. The summed E-state index contributed by atoms with van der Waals surface area (Å²) in [5.74, 6) is -0.179. The van der Waals surface area contributed by atoms with Gasteiger partial charge in [0.2, 0.25) is 0 Å². The Hall–Kier alpha value is -3.88. The fourth-order valence-corrected chi connectivity index (χ4v) is 5.42. The minimum absolute atomic E-state index is 0.0939. The number of allylic oxidation sites excluding steroid dienone is 1. The van der Waals surface area contributed by atoms with E-state index < -0.39 is 23.2 Å². The molecule has 2 unspecified atom stereocenters. The molecule has 1 aliphatic carbocycles. The van der Waals surface area contributed by atoms with Gasteiger partial charge in [-0.1, -0.05) is 43.7 Å². The van der Waals surface area contributed by atoms with Crippen LogP contribution in [0.1, 0.15) is 49.3 Å². The van der Waals surface area contributed by atoms with Gasteiger partial charge >= 0.3 is 11.7 Å². The number of carbonyl (C=O) groups excluding carboxylic acids is 1. The first-order valence-corrected chi connectivity index (χ1v) is 10.9. The number of amidine groups is 1. The summed E-state index contributed by atoms with van der Waals surface area (Å²) >= 11 is 0. The summed E-state index contributed by atoms with van der Waals surface area (Å²) in [6.45, 7) is 6.25. The third-order valence-corrected chi connectivity index (χ3v) is 6.71. The highest BCUT2D eigenvalue weighted by Crippen LogP contribution is 2.47. The zero-order chi connectivity index (χ0) is 23.1. The molecule has 1 aromatic heterocycles. The van der Waals surface area contributed by atoms with E-state index >= 15 is 0 Å². The van der Waals surface area contributed by atoms with Gasteiger partial charge in [0.05, 0.1) is 11.5 Å². The van der Waals surface area contributed by atoms with Crippen molar-refractivity contribution in [1.29, 1.82) is 0 Å². The van der Waals surface area contributed by atoms with E-state index in [1.165, 1.54) is 0 Å². The molecule has 2 amide bonds. The maximum Gasteiger partial charge on any atom is 0.345 e. The molecule has 3 N–H and O–H groups in total. The van der Waals surface area contributed by atoms with E-state index in [1.807, 2.05) is 31.2 Å². The number of hydrogen-bond acceptors (Lipinski definition) is 5. The van der Waals surface area contributed by atoms with Crippen LogP contribution in [0.25, 0.3) is 0 Å². The van der Waals surface area contributed by atoms with Crippen molar-refractivity contribution < 1.29 is 4.79 Å². The molecule has 1 aromatic carbocycles. The number of amides is 2. The Labute approximate surface area is 188 Å². The lowest BCUT2D eigenvalue weighted by Crippen LogP contribution is -2.50. The van der Waals surface area contributed by atoms with Gasteiger partial charge in [0.15, 0.2) is 5.84 Å². The van der Waals surface area contributed by atoms with Crippen LogP contribution >= 0.6 is 0 Å². The van der Waals surface area contributed by atoms with Crippen LogP contribution in [0, 0.1) is 18.3 Å². The van der Waals surface area contributed by atoms with Crippen molar-refractivity contribution >= 4 is 29.1 Å². The predicted molar refractivity (Wildman–Crippen MR) is 125 cm³/mol. The van der Waals surface area contributed by atoms with E-state index in [-0.39, 0.29) is 17.2 Å². The van der Waals surface area contributed by atoms with Crippen LogP contribution < -0.4 is 16.6 Å². The van der Waals surface area contributed by atoms with Crippen molar-refractivity contribution in [3.8, 4) is 0 Å². The number of rotatable bonds is 1. The van der Waals surface area contributed by atoms with E-state index in [1.54, 1.807) is 0 Å². The molecule has 4 heterocycles. The molecule has 2 atom stereocenters. The van der Waals surface area contributed by atoms with E-state index in [4.69, 9.17) is 4.99 Å². The van der Waals surface area contributed by atoms with Crippen LogP contribution in [0.15, 0.2) is 60.1 Å². The quantitative estimate of drug-likeness (QED) is 0.627. The molecule has 2 aromatic rings. The molecule has 0 spiro atoms. The topological polar surface area (TPSA) is 132 Å². The summed E-state index contributed by atoms with van der Waals surface area (Å²) in [6, 6.07) is 7.42. The van der Waals surface area contributed by atoms with E-state index in [0.717, 1.165) is 29.0 Å². The smallest absolute Gasteiger partial charge is 0.308 e. The molecule has 9 heteroatoms. The average molecular weight is 442 g/mol. The van der Waals surface area contributed by atoms with Crippen LogP contribution in [0.5, 0.6) is 0 Å². The predicted octanol–water partition coefficient (Wildman–Crippen LogP) is 2.86.